The van der Waals surface area contributed by atoms with Crippen molar-refractivity contribution in [2.75, 3.05) is 26.0 Å². The first-order valence-electron chi connectivity index (χ1n) is 8.96. The molecule has 0 aliphatic heterocycles. The highest BCUT2D eigenvalue weighted by Gasteiger charge is 2.23. The molecule has 0 radical (unpaired) electrons. The molecule has 1 aromatic heterocycles. The Morgan fingerprint density at radius 3 is 2.62 bits per heavy atom. The van der Waals surface area contributed by atoms with E-state index in [-0.39, 0.29) is 23.1 Å². The number of fused-ring (bicyclic) bond motifs is 1. The lowest BCUT2D eigenvalue weighted by Gasteiger charge is -2.17. The largest absolute Gasteiger partial charge is 0.492 e. The topological polar surface area (TPSA) is 80.6 Å². The van der Waals surface area contributed by atoms with E-state index >= 15 is 0 Å². The van der Waals surface area contributed by atoms with Gasteiger partial charge in [0.2, 0.25) is 15.9 Å². The van der Waals surface area contributed by atoms with E-state index in [4.69, 9.17) is 16.3 Å². The summed E-state index contributed by atoms with van der Waals surface area (Å²) in [6.45, 7) is 2.16. The van der Waals surface area contributed by atoms with E-state index in [0.29, 0.717) is 17.3 Å². The summed E-state index contributed by atoms with van der Waals surface area (Å²) in [5, 5.41) is 4.31. The fourth-order valence-electron chi connectivity index (χ4n) is 2.91. The van der Waals surface area contributed by atoms with Gasteiger partial charge in [0.15, 0.2) is 0 Å². The molecular weight excluding hydrogens is 414 g/mol. The van der Waals surface area contributed by atoms with Crippen LogP contribution >= 0.6 is 11.6 Å². The number of halogens is 1. The summed E-state index contributed by atoms with van der Waals surface area (Å²) in [5.74, 6) is -0.0509. The van der Waals surface area contributed by atoms with Gasteiger partial charge >= 0.3 is 0 Å². The Labute approximate surface area is 174 Å². The molecule has 7 nitrogen and oxygen atoms in total. The van der Waals surface area contributed by atoms with Gasteiger partial charge in [0.25, 0.3) is 0 Å². The van der Waals surface area contributed by atoms with Gasteiger partial charge in [-0.15, -0.1) is 0 Å². The number of sulfonamides is 1. The van der Waals surface area contributed by atoms with Crippen molar-refractivity contribution >= 4 is 44.1 Å². The number of rotatable bonds is 7. The van der Waals surface area contributed by atoms with Crippen molar-refractivity contribution in [1.29, 1.82) is 0 Å². The van der Waals surface area contributed by atoms with Crippen LogP contribution in [0.15, 0.2) is 53.6 Å². The molecule has 1 heterocycles. The van der Waals surface area contributed by atoms with E-state index in [2.05, 4.69) is 5.32 Å². The zero-order valence-electron chi connectivity index (χ0n) is 16.3. The third kappa shape index (κ3) is 4.55. The molecule has 0 fully saturated rings. The average Bonchev–Trinajstić information content (AvgIpc) is 3.04. The maximum Gasteiger partial charge on any atom is 0.246 e. The monoisotopic (exact) mass is 435 g/mol. The Morgan fingerprint density at radius 2 is 1.93 bits per heavy atom. The van der Waals surface area contributed by atoms with Crippen LogP contribution in [0.2, 0.25) is 5.02 Å². The number of benzene rings is 2. The maximum atomic E-state index is 12.6. The molecule has 0 aliphatic carbocycles. The SMILES string of the molecule is CCOc1ccc(NC(=O)Cn2ccc3ccc(Cl)cc32)cc1S(=O)(=O)N(C)C. The fraction of sp³-hybridized carbons (Fsp3) is 0.250. The van der Waals surface area contributed by atoms with Crippen LogP contribution in [-0.4, -0.2) is 43.9 Å². The smallest absolute Gasteiger partial charge is 0.246 e. The van der Waals surface area contributed by atoms with Crippen molar-refractivity contribution in [3.8, 4) is 5.75 Å². The Kier molecular flexibility index (Phi) is 6.16. The molecule has 0 spiro atoms. The lowest BCUT2D eigenvalue weighted by atomic mass is 10.2. The second-order valence-electron chi connectivity index (χ2n) is 6.58. The molecule has 154 valence electrons. The number of carbonyl (C=O) groups is 1. The van der Waals surface area contributed by atoms with E-state index in [9.17, 15) is 13.2 Å². The van der Waals surface area contributed by atoms with Gasteiger partial charge in [0.05, 0.1) is 6.61 Å². The summed E-state index contributed by atoms with van der Waals surface area (Å²) in [6.07, 6.45) is 1.81. The van der Waals surface area contributed by atoms with Crippen LogP contribution in [-0.2, 0) is 21.4 Å². The van der Waals surface area contributed by atoms with Crippen LogP contribution in [0.3, 0.4) is 0 Å². The van der Waals surface area contributed by atoms with Crippen molar-refractivity contribution < 1.29 is 17.9 Å². The van der Waals surface area contributed by atoms with Crippen LogP contribution in [0.4, 0.5) is 5.69 Å². The highest BCUT2D eigenvalue weighted by atomic mass is 35.5. The normalized spacial score (nSPS) is 11.8. The number of nitrogens with zero attached hydrogens (tertiary/aromatic N) is 2. The number of hydrogen-bond acceptors (Lipinski definition) is 4. The zero-order valence-corrected chi connectivity index (χ0v) is 17.9. The second-order valence-corrected chi connectivity index (χ2v) is 9.13. The van der Waals surface area contributed by atoms with Gasteiger partial charge in [-0.2, -0.15) is 0 Å². The molecular formula is C20H22ClN3O4S. The number of carbonyl (C=O) groups excluding carboxylic acids is 1. The van der Waals surface area contributed by atoms with Crippen LogP contribution in [0, 0.1) is 0 Å². The summed E-state index contributed by atoms with van der Waals surface area (Å²) in [7, 11) is -0.848. The van der Waals surface area contributed by atoms with E-state index in [1.54, 1.807) is 42.0 Å². The Balaban J connectivity index is 1.85. The summed E-state index contributed by atoms with van der Waals surface area (Å²) < 4.78 is 33.6. The van der Waals surface area contributed by atoms with Crippen LogP contribution in [0.25, 0.3) is 10.9 Å². The molecule has 1 amide bonds. The fourth-order valence-corrected chi connectivity index (χ4v) is 4.13. The summed E-state index contributed by atoms with van der Waals surface area (Å²) in [4.78, 5) is 12.6. The highest BCUT2D eigenvalue weighted by Crippen LogP contribution is 2.29. The van der Waals surface area contributed by atoms with Crippen molar-refractivity contribution in [3.63, 3.8) is 0 Å². The quantitative estimate of drug-likeness (QED) is 0.615. The number of anilines is 1. The minimum Gasteiger partial charge on any atom is -0.492 e. The standard InChI is InChI=1S/C20H22ClN3O4S/c1-4-28-18-8-7-16(12-19(18)29(26,27)23(2)3)22-20(25)13-24-10-9-14-5-6-15(21)11-17(14)24/h5-12H,4,13H2,1-3H3,(H,22,25). The first-order valence-corrected chi connectivity index (χ1v) is 10.8. The van der Waals surface area contributed by atoms with Crippen LogP contribution < -0.4 is 10.1 Å². The van der Waals surface area contributed by atoms with E-state index in [1.165, 1.54) is 20.2 Å². The molecule has 0 saturated carbocycles. The van der Waals surface area contributed by atoms with Crippen molar-refractivity contribution in [2.45, 2.75) is 18.4 Å². The van der Waals surface area contributed by atoms with Gasteiger partial charge in [-0.05, 0) is 48.7 Å². The van der Waals surface area contributed by atoms with Gasteiger partial charge < -0.3 is 14.6 Å². The third-order valence-electron chi connectivity index (χ3n) is 4.34. The van der Waals surface area contributed by atoms with Crippen molar-refractivity contribution in [3.05, 3.63) is 53.7 Å². The molecule has 3 rings (SSSR count). The summed E-state index contributed by atoms with van der Waals surface area (Å²) >= 11 is 6.05. The first-order chi connectivity index (χ1) is 13.7. The number of ether oxygens (including phenoxy) is 1. The predicted molar refractivity (Wildman–Crippen MR) is 114 cm³/mol. The van der Waals surface area contributed by atoms with Crippen LogP contribution in [0.1, 0.15) is 6.92 Å². The predicted octanol–water partition coefficient (Wildman–Crippen LogP) is 3.58. The van der Waals surface area contributed by atoms with Gasteiger partial charge in [-0.25, -0.2) is 12.7 Å². The van der Waals surface area contributed by atoms with E-state index in [1.807, 2.05) is 12.1 Å². The molecule has 29 heavy (non-hydrogen) atoms. The lowest BCUT2D eigenvalue weighted by Crippen LogP contribution is -2.23. The minimum absolute atomic E-state index is 0.000320. The Bertz CT molecular complexity index is 1160. The Morgan fingerprint density at radius 1 is 1.17 bits per heavy atom. The molecule has 0 aliphatic rings. The van der Waals surface area contributed by atoms with Crippen molar-refractivity contribution in [2.24, 2.45) is 0 Å². The third-order valence-corrected chi connectivity index (χ3v) is 6.41. The minimum atomic E-state index is -3.73. The molecule has 0 saturated heterocycles. The van der Waals surface area contributed by atoms with E-state index in [0.717, 1.165) is 15.2 Å². The number of hydrogen-bond donors (Lipinski definition) is 1. The van der Waals surface area contributed by atoms with Crippen molar-refractivity contribution in [1.82, 2.24) is 8.87 Å². The molecule has 0 unspecified atom stereocenters. The molecule has 0 bridgehead atoms. The molecule has 9 heteroatoms. The lowest BCUT2D eigenvalue weighted by molar-refractivity contribution is -0.116. The highest BCUT2D eigenvalue weighted by molar-refractivity contribution is 7.89. The van der Waals surface area contributed by atoms with Gasteiger partial charge in [-0.3, -0.25) is 4.79 Å². The molecule has 1 N–H and O–H groups in total. The summed E-state index contributed by atoms with van der Waals surface area (Å²) in [5.41, 5.74) is 1.21. The number of nitrogens with one attached hydrogen (secondary N) is 1. The maximum absolute atomic E-state index is 12.6. The number of aromatic nitrogens is 1. The zero-order chi connectivity index (χ0) is 21.2. The average molecular weight is 436 g/mol. The van der Waals surface area contributed by atoms with Gasteiger partial charge in [0.1, 0.15) is 17.2 Å². The molecule has 2 aromatic carbocycles. The van der Waals surface area contributed by atoms with Crippen LogP contribution in [0.5, 0.6) is 5.75 Å². The molecule has 0 atom stereocenters. The summed E-state index contributed by atoms with van der Waals surface area (Å²) in [6, 6.07) is 11.9. The van der Waals surface area contributed by atoms with E-state index < -0.39 is 10.0 Å². The first kappa shape index (κ1) is 21.2. The second kappa shape index (κ2) is 8.44. The molecule has 3 aromatic rings. The van der Waals surface area contributed by atoms with Gasteiger partial charge in [0, 0.05) is 36.5 Å². The number of amides is 1. The van der Waals surface area contributed by atoms with Gasteiger partial charge in [-0.1, -0.05) is 17.7 Å². The Hall–Kier alpha value is -2.55.